The molecule has 0 unspecified atom stereocenters. The smallest absolute Gasteiger partial charge is 0.279 e. The maximum atomic E-state index is 12.1. The van der Waals surface area contributed by atoms with Gasteiger partial charge >= 0.3 is 0 Å². The SMILES string of the molecule is O=C(Nc1ccc(Cl)cn1)c1noc2c1CCCC2. The number of aromatic nitrogens is 2. The van der Waals surface area contributed by atoms with E-state index in [0.717, 1.165) is 37.0 Å². The fraction of sp³-hybridized carbons (Fsp3) is 0.308. The minimum atomic E-state index is -0.290. The van der Waals surface area contributed by atoms with Gasteiger partial charge in [0.05, 0.1) is 5.02 Å². The van der Waals surface area contributed by atoms with Crippen molar-refractivity contribution in [3.8, 4) is 0 Å². The third kappa shape index (κ3) is 2.46. The van der Waals surface area contributed by atoms with E-state index in [4.69, 9.17) is 16.1 Å². The monoisotopic (exact) mass is 277 g/mol. The molecule has 0 saturated heterocycles. The number of carbonyl (C=O) groups is 1. The lowest BCUT2D eigenvalue weighted by molar-refractivity contribution is 0.101. The molecule has 0 spiro atoms. The van der Waals surface area contributed by atoms with Crippen molar-refractivity contribution in [1.29, 1.82) is 0 Å². The number of aryl methyl sites for hydroxylation is 1. The molecule has 2 aromatic rings. The van der Waals surface area contributed by atoms with E-state index in [1.165, 1.54) is 6.20 Å². The Kier molecular flexibility index (Phi) is 3.21. The van der Waals surface area contributed by atoms with Crippen LogP contribution in [0.2, 0.25) is 5.02 Å². The van der Waals surface area contributed by atoms with Gasteiger partial charge in [0.15, 0.2) is 5.69 Å². The van der Waals surface area contributed by atoms with Gasteiger partial charge in [-0.3, -0.25) is 4.79 Å². The second-order valence-corrected chi connectivity index (χ2v) is 4.89. The van der Waals surface area contributed by atoms with E-state index in [9.17, 15) is 4.79 Å². The number of rotatable bonds is 2. The van der Waals surface area contributed by atoms with Crippen molar-refractivity contribution >= 4 is 23.3 Å². The Hall–Kier alpha value is -1.88. The highest BCUT2D eigenvalue weighted by molar-refractivity contribution is 6.30. The molecule has 19 heavy (non-hydrogen) atoms. The van der Waals surface area contributed by atoms with Crippen LogP contribution in [0.15, 0.2) is 22.9 Å². The maximum absolute atomic E-state index is 12.1. The largest absolute Gasteiger partial charge is 0.360 e. The first-order valence-electron chi connectivity index (χ1n) is 6.14. The van der Waals surface area contributed by atoms with Crippen LogP contribution in [0.1, 0.15) is 34.7 Å². The second-order valence-electron chi connectivity index (χ2n) is 4.46. The van der Waals surface area contributed by atoms with Gasteiger partial charge in [0.2, 0.25) is 0 Å². The van der Waals surface area contributed by atoms with Crippen molar-refractivity contribution < 1.29 is 9.32 Å². The number of hydrogen-bond acceptors (Lipinski definition) is 4. The lowest BCUT2D eigenvalue weighted by atomic mass is 9.96. The predicted molar refractivity (Wildman–Crippen MR) is 70.3 cm³/mol. The first-order chi connectivity index (χ1) is 9.24. The Labute approximate surface area is 115 Å². The molecule has 1 amide bonds. The maximum Gasteiger partial charge on any atom is 0.279 e. The zero-order valence-electron chi connectivity index (χ0n) is 10.1. The molecule has 1 aliphatic rings. The highest BCUT2D eigenvalue weighted by Gasteiger charge is 2.24. The van der Waals surface area contributed by atoms with Gasteiger partial charge in [-0.15, -0.1) is 0 Å². The van der Waals surface area contributed by atoms with Gasteiger partial charge in [0.25, 0.3) is 5.91 Å². The number of hydrogen-bond donors (Lipinski definition) is 1. The standard InChI is InChI=1S/C13H12ClN3O2/c14-8-5-6-11(15-7-8)16-13(18)12-9-3-1-2-4-10(9)19-17-12/h5-7H,1-4H2,(H,15,16,18). The van der Waals surface area contributed by atoms with E-state index < -0.39 is 0 Å². The molecule has 0 fully saturated rings. The van der Waals surface area contributed by atoms with E-state index in [2.05, 4.69) is 15.5 Å². The Morgan fingerprint density at radius 2 is 2.16 bits per heavy atom. The topological polar surface area (TPSA) is 68.0 Å². The molecular weight excluding hydrogens is 266 g/mol. The van der Waals surface area contributed by atoms with Crippen LogP contribution in [-0.4, -0.2) is 16.0 Å². The van der Waals surface area contributed by atoms with E-state index in [0.29, 0.717) is 16.5 Å². The van der Waals surface area contributed by atoms with Gasteiger partial charge in [0, 0.05) is 18.2 Å². The molecular formula is C13H12ClN3O2. The molecule has 0 aliphatic heterocycles. The summed E-state index contributed by atoms with van der Waals surface area (Å²) in [5, 5.41) is 7.09. The molecule has 0 bridgehead atoms. The highest BCUT2D eigenvalue weighted by Crippen LogP contribution is 2.24. The zero-order valence-corrected chi connectivity index (χ0v) is 10.9. The molecule has 0 atom stereocenters. The molecule has 1 aliphatic carbocycles. The zero-order chi connectivity index (χ0) is 13.2. The number of nitrogens with zero attached hydrogens (tertiary/aromatic N) is 2. The van der Waals surface area contributed by atoms with Gasteiger partial charge < -0.3 is 9.84 Å². The summed E-state index contributed by atoms with van der Waals surface area (Å²) in [5.74, 6) is 0.990. The third-order valence-corrected chi connectivity index (χ3v) is 3.36. The van der Waals surface area contributed by atoms with Crippen molar-refractivity contribution in [2.75, 3.05) is 5.32 Å². The molecule has 1 N–H and O–H groups in total. The minimum Gasteiger partial charge on any atom is -0.360 e. The Balaban J connectivity index is 1.80. The molecule has 6 heteroatoms. The second kappa shape index (κ2) is 5.01. The van der Waals surface area contributed by atoms with E-state index in [1.54, 1.807) is 12.1 Å². The summed E-state index contributed by atoms with van der Waals surface area (Å²) in [6.07, 6.45) is 5.33. The highest BCUT2D eigenvalue weighted by atomic mass is 35.5. The number of amides is 1. The molecule has 98 valence electrons. The first kappa shape index (κ1) is 12.2. The van der Waals surface area contributed by atoms with Crippen LogP contribution in [0.5, 0.6) is 0 Å². The lowest BCUT2D eigenvalue weighted by Crippen LogP contribution is -2.16. The normalized spacial score (nSPS) is 13.9. The lowest BCUT2D eigenvalue weighted by Gasteiger charge is -2.09. The van der Waals surface area contributed by atoms with Crippen molar-refractivity contribution in [2.45, 2.75) is 25.7 Å². The number of pyridine rings is 1. The fourth-order valence-electron chi connectivity index (χ4n) is 2.19. The average molecular weight is 278 g/mol. The van der Waals surface area contributed by atoms with Crippen LogP contribution in [0, 0.1) is 0 Å². The molecule has 0 aromatic carbocycles. The minimum absolute atomic E-state index is 0.290. The van der Waals surface area contributed by atoms with Gasteiger partial charge in [0.1, 0.15) is 11.6 Å². The van der Waals surface area contributed by atoms with Gasteiger partial charge in [-0.25, -0.2) is 4.98 Å². The summed E-state index contributed by atoms with van der Waals surface area (Å²) >= 11 is 5.74. The van der Waals surface area contributed by atoms with E-state index in [-0.39, 0.29) is 5.91 Å². The Morgan fingerprint density at radius 3 is 2.95 bits per heavy atom. The predicted octanol–water partition coefficient (Wildman–Crippen LogP) is 2.85. The number of carbonyl (C=O) groups excluding carboxylic acids is 1. The summed E-state index contributed by atoms with van der Waals surface area (Å²) < 4.78 is 5.21. The molecule has 5 nitrogen and oxygen atoms in total. The summed E-state index contributed by atoms with van der Waals surface area (Å²) in [6, 6.07) is 3.31. The van der Waals surface area contributed by atoms with Crippen LogP contribution in [0.3, 0.4) is 0 Å². The third-order valence-electron chi connectivity index (χ3n) is 3.13. The number of anilines is 1. The van der Waals surface area contributed by atoms with Crippen molar-refractivity contribution in [1.82, 2.24) is 10.1 Å². The average Bonchev–Trinajstić information content (AvgIpc) is 2.85. The van der Waals surface area contributed by atoms with E-state index >= 15 is 0 Å². The van der Waals surface area contributed by atoms with Crippen LogP contribution in [0.25, 0.3) is 0 Å². The van der Waals surface area contributed by atoms with Gasteiger partial charge in [-0.1, -0.05) is 16.8 Å². The summed E-state index contributed by atoms with van der Waals surface area (Å²) in [4.78, 5) is 16.1. The number of fused-ring (bicyclic) bond motifs is 1. The van der Waals surface area contributed by atoms with Crippen molar-refractivity contribution in [3.63, 3.8) is 0 Å². The molecule has 3 rings (SSSR count). The fourth-order valence-corrected chi connectivity index (χ4v) is 2.30. The van der Waals surface area contributed by atoms with Crippen LogP contribution >= 0.6 is 11.6 Å². The quantitative estimate of drug-likeness (QED) is 0.916. The molecule has 0 saturated carbocycles. The van der Waals surface area contributed by atoms with Gasteiger partial charge in [-0.05, 0) is 31.4 Å². The van der Waals surface area contributed by atoms with Crippen molar-refractivity contribution in [3.05, 3.63) is 40.4 Å². The van der Waals surface area contributed by atoms with Crippen LogP contribution in [-0.2, 0) is 12.8 Å². The number of halogens is 1. The Morgan fingerprint density at radius 1 is 1.32 bits per heavy atom. The molecule has 2 aromatic heterocycles. The number of nitrogens with one attached hydrogen (secondary N) is 1. The van der Waals surface area contributed by atoms with Crippen LogP contribution in [0.4, 0.5) is 5.82 Å². The summed E-state index contributed by atoms with van der Waals surface area (Å²) in [7, 11) is 0. The molecule has 0 radical (unpaired) electrons. The molecule has 2 heterocycles. The summed E-state index contributed by atoms with van der Waals surface area (Å²) in [5.41, 5.74) is 1.30. The van der Waals surface area contributed by atoms with Crippen molar-refractivity contribution in [2.24, 2.45) is 0 Å². The summed E-state index contributed by atoms with van der Waals surface area (Å²) in [6.45, 7) is 0. The Bertz CT molecular complexity index is 607. The first-order valence-corrected chi connectivity index (χ1v) is 6.52. The van der Waals surface area contributed by atoms with Crippen LogP contribution < -0.4 is 5.32 Å². The van der Waals surface area contributed by atoms with E-state index in [1.807, 2.05) is 0 Å². The van der Waals surface area contributed by atoms with Gasteiger partial charge in [-0.2, -0.15) is 0 Å².